The predicted molar refractivity (Wildman–Crippen MR) is 66.1 cm³/mol. The number of carbonyl (C=O) groups is 1. The summed E-state index contributed by atoms with van der Waals surface area (Å²) in [5.74, 6) is 0. The van der Waals surface area contributed by atoms with Crippen molar-refractivity contribution in [2.45, 2.75) is 38.8 Å². The van der Waals surface area contributed by atoms with Gasteiger partial charge in [-0.05, 0) is 27.2 Å². The van der Waals surface area contributed by atoms with E-state index in [0.29, 0.717) is 0 Å². The second-order valence-corrected chi connectivity index (χ2v) is 5.43. The fourth-order valence-corrected chi connectivity index (χ4v) is 1.85. The zero-order valence-corrected chi connectivity index (χ0v) is 11.3. The number of ether oxygens (including phenoxy) is 2. The Hall–Kier alpha value is -0.810. The van der Waals surface area contributed by atoms with Crippen LogP contribution in [0.15, 0.2) is 0 Å². The summed E-state index contributed by atoms with van der Waals surface area (Å²) in [6.45, 7) is 9.14. The first kappa shape index (κ1) is 14.3. The van der Waals surface area contributed by atoms with Crippen molar-refractivity contribution >= 4 is 6.09 Å². The Balaban J connectivity index is 2.23. The topological polar surface area (TPSA) is 50.8 Å². The van der Waals surface area contributed by atoms with Gasteiger partial charge in [0.05, 0.1) is 6.61 Å². The number of nitrogens with zero attached hydrogens (tertiary/aromatic N) is 1. The monoisotopic (exact) mass is 244 g/mol. The van der Waals surface area contributed by atoms with Crippen molar-refractivity contribution in [1.29, 1.82) is 0 Å². The molecule has 5 nitrogen and oxygen atoms in total. The number of hydrogen-bond acceptors (Lipinski definition) is 4. The molecule has 0 saturated carbocycles. The van der Waals surface area contributed by atoms with Crippen LogP contribution in [0.1, 0.15) is 27.2 Å². The Labute approximate surface area is 103 Å². The Kier molecular flexibility index (Phi) is 5.21. The van der Waals surface area contributed by atoms with Gasteiger partial charge in [-0.1, -0.05) is 0 Å². The van der Waals surface area contributed by atoms with Gasteiger partial charge >= 0.3 is 6.09 Å². The van der Waals surface area contributed by atoms with E-state index in [0.717, 1.165) is 32.7 Å². The van der Waals surface area contributed by atoms with E-state index >= 15 is 0 Å². The number of methoxy groups -OCH3 is 1. The third-order valence-electron chi connectivity index (χ3n) is 2.60. The molecule has 100 valence electrons. The van der Waals surface area contributed by atoms with Crippen molar-refractivity contribution in [3.8, 4) is 0 Å². The average Bonchev–Trinajstić information content (AvgIpc) is 2.59. The van der Waals surface area contributed by atoms with Crippen LogP contribution in [-0.4, -0.2) is 56.0 Å². The Morgan fingerprint density at radius 3 is 2.76 bits per heavy atom. The van der Waals surface area contributed by atoms with E-state index in [9.17, 15) is 4.79 Å². The van der Waals surface area contributed by atoms with Gasteiger partial charge in [0.25, 0.3) is 0 Å². The fraction of sp³-hybridized carbons (Fsp3) is 0.917. The summed E-state index contributed by atoms with van der Waals surface area (Å²) < 4.78 is 10.3. The molecule has 1 N–H and O–H groups in total. The highest BCUT2D eigenvalue weighted by Gasteiger charge is 2.25. The fourth-order valence-electron chi connectivity index (χ4n) is 1.85. The lowest BCUT2D eigenvalue weighted by Crippen LogP contribution is -2.40. The van der Waals surface area contributed by atoms with Gasteiger partial charge in [-0.15, -0.1) is 0 Å². The molecule has 0 radical (unpaired) electrons. The quantitative estimate of drug-likeness (QED) is 0.808. The smallest absolute Gasteiger partial charge is 0.407 e. The molecular formula is C12H24N2O3. The van der Waals surface area contributed by atoms with Crippen LogP contribution in [-0.2, 0) is 9.47 Å². The van der Waals surface area contributed by atoms with E-state index in [4.69, 9.17) is 9.47 Å². The number of carbonyl (C=O) groups excluding carboxylic acids is 1. The van der Waals surface area contributed by atoms with Gasteiger partial charge in [0.2, 0.25) is 0 Å². The highest BCUT2D eigenvalue weighted by atomic mass is 16.6. The molecule has 0 unspecified atom stereocenters. The Morgan fingerprint density at radius 2 is 2.18 bits per heavy atom. The molecule has 1 rings (SSSR count). The molecule has 1 aliphatic heterocycles. The van der Waals surface area contributed by atoms with Crippen molar-refractivity contribution in [3.63, 3.8) is 0 Å². The van der Waals surface area contributed by atoms with Crippen molar-refractivity contribution in [3.05, 3.63) is 0 Å². The summed E-state index contributed by atoms with van der Waals surface area (Å²) in [4.78, 5) is 13.8. The zero-order valence-electron chi connectivity index (χ0n) is 11.3. The predicted octanol–water partition coefficient (Wildman–Crippen LogP) is 1.23. The van der Waals surface area contributed by atoms with E-state index < -0.39 is 5.60 Å². The molecule has 5 heteroatoms. The third kappa shape index (κ3) is 5.89. The summed E-state index contributed by atoms with van der Waals surface area (Å²) in [7, 11) is 1.70. The van der Waals surface area contributed by atoms with Crippen molar-refractivity contribution < 1.29 is 14.3 Å². The molecule has 1 fully saturated rings. The molecule has 1 aliphatic rings. The third-order valence-corrected chi connectivity index (χ3v) is 2.60. The Morgan fingerprint density at radius 1 is 1.47 bits per heavy atom. The van der Waals surface area contributed by atoms with Crippen LogP contribution in [0.25, 0.3) is 0 Å². The van der Waals surface area contributed by atoms with Crippen LogP contribution >= 0.6 is 0 Å². The second kappa shape index (κ2) is 6.21. The lowest BCUT2D eigenvalue weighted by Gasteiger charge is -2.22. The lowest BCUT2D eigenvalue weighted by atomic mass is 10.2. The van der Waals surface area contributed by atoms with Gasteiger partial charge < -0.3 is 14.8 Å². The van der Waals surface area contributed by atoms with Gasteiger partial charge in [0.1, 0.15) is 5.60 Å². The number of alkyl carbamates (subject to hydrolysis) is 1. The molecule has 17 heavy (non-hydrogen) atoms. The van der Waals surface area contributed by atoms with Crippen LogP contribution in [0.2, 0.25) is 0 Å². The van der Waals surface area contributed by atoms with Crippen LogP contribution < -0.4 is 5.32 Å². The van der Waals surface area contributed by atoms with Gasteiger partial charge in [-0.2, -0.15) is 0 Å². The summed E-state index contributed by atoms with van der Waals surface area (Å²) in [6, 6.07) is 0.196. The second-order valence-electron chi connectivity index (χ2n) is 5.43. The minimum atomic E-state index is -0.432. The number of rotatable bonds is 4. The maximum atomic E-state index is 11.6. The minimum Gasteiger partial charge on any atom is -0.444 e. The summed E-state index contributed by atoms with van der Waals surface area (Å²) >= 11 is 0. The largest absolute Gasteiger partial charge is 0.444 e. The van der Waals surface area contributed by atoms with E-state index in [-0.39, 0.29) is 12.1 Å². The van der Waals surface area contributed by atoms with Gasteiger partial charge in [0.15, 0.2) is 0 Å². The maximum absolute atomic E-state index is 11.6. The molecule has 1 amide bonds. The van der Waals surface area contributed by atoms with Gasteiger partial charge in [0, 0.05) is 32.8 Å². The van der Waals surface area contributed by atoms with E-state index in [1.165, 1.54) is 0 Å². The number of amides is 1. The summed E-state index contributed by atoms with van der Waals surface area (Å²) in [6.07, 6.45) is 0.652. The molecule has 0 bridgehead atoms. The molecule has 1 heterocycles. The van der Waals surface area contributed by atoms with Crippen molar-refractivity contribution in [2.75, 3.05) is 33.4 Å². The first-order chi connectivity index (χ1) is 7.90. The first-order valence-electron chi connectivity index (χ1n) is 6.11. The molecular weight excluding hydrogens is 220 g/mol. The molecule has 1 atom stereocenters. The minimum absolute atomic E-state index is 0.196. The molecule has 0 aromatic carbocycles. The SMILES string of the molecule is COCCN1CC[C@@H](NC(=O)OC(C)(C)C)C1. The standard InChI is InChI=1S/C12H24N2O3/c1-12(2,3)17-11(15)13-10-5-6-14(9-10)7-8-16-4/h10H,5-9H2,1-4H3,(H,13,15)/t10-/m1/s1. The zero-order chi connectivity index (χ0) is 12.9. The van der Waals surface area contributed by atoms with E-state index in [1.807, 2.05) is 20.8 Å². The van der Waals surface area contributed by atoms with Gasteiger partial charge in [-0.25, -0.2) is 4.79 Å². The highest BCUT2D eigenvalue weighted by Crippen LogP contribution is 2.11. The van der Waals surface area contributed by atoms with Gasteiger partial charge in [-0.3, -0.25) is 4.90 Å². The molecule has 0 aromatic heterocycles. The van der Waals surface area contributed by atoms with Crippen LogP contribution in [0.4, 0.5) is 4.79 Å². The van der Waals surface area contributed by atoms with Crippen LogP contribution in [0.3, 0.4) is 0 Å². The molecule has 1 saturated heterocycles. The Bertz CT molecular complexity index is 251. The van der Waals surface area contributed by atoms with Crippen LogP contribution in [0.5, 0.6) is 0 Å². The number of hydrogen-bond donors (Lipinski definition) is 1. The van der Waals surface area contributed by atoms with Crippen LogP contribution in [0, 0.1) is 0 Å². The summed E-state index contributed by atoms with van der Waals surface area (Å²) in [5, 5.41) is 2.90. The summed E-state index contributed by atoms with van der Waals surface area (Å²) in [5.41, 5.74) is -0.432. The number of likely N-dealkylation sites (tertiary alicyclic amines) is 1. The maximum Gasteiger partial charge on any atom is 0.407 e. The normalized spacial score (nSPS) is 21.5. The number of nitrogens with one attached hydrogen (secondary N) is 1. The lowest BCUT2D eigenvalue weighted by molar-refractivity contribution is 0.0505. The molecule has 0 spiro atoms. The highest BCUT2D eigenvalue weighted by molar-refractivity contribution is 5.68. The van der Waals surface area contributed by atoms with E-state index in [1.54, 1.807) is 7.11 Å². The molecule has 0 aromatic rings. The molecule has 0 aliphatic carbocycles. The van der Waals surface area contributed by atoms with E-state index in [2.05, 4.69) is 10.2 Å². The average molecular weight is 244 g/mol. The van der Waals surface area contributed by atoms with Crippen molar-refractivity contribution in [1.82, 2.24) is 10.2 Å². The first-order valence-corrected chi connectivity index (χ1v) is 6.11. The van der Waals surface area contributed by atoms with Crippen molar-refractivity contribution in [2.24, 2.45) is 0 Å².